The monoisotopic (exact) mass is 364 g/mol. The average molecular weight is 364 g/mol. The molecule has 0 saturated heterocycles. The maximum absolute atomic E-state index is 12.8. The quantitative estimate of drug-likeness (QED) is 0.737. The van der Waals surface area contributed by atoms with E-state index in [1.165, 1.54) is 12.1 Å². The first kappa shape index (κ1) is 19.5. The molecule has 2 rings (SSSR count). The van der Waals surface area contributed by atoms with Crippen LogP contribution >= 0.6 is 0 Å². The molecule has 0 bridgehead atoms. The van der Waals surface area contributed by atoms with Crippen LogP contribution in [0.4, 0.5) is 13.2 Å². The lowest BCUT2D eigenvalue weighted by Crippen LogP contribution is -2.21. The summed E-state index contributed by atoms with van der Waals surface area (Å²) in [6.07, 6.45) is -4.21. The number of benzene rings is 2. The zero-order valence-electron chi connectivity index (χ0n) is 14.2. The number of hydroxylamine groups is 1. The van der Waals surface area contributed by atoms with Crippen LogP contribution in [0.15, 0.2) is 55.1 Å². The SMILES string of the molecule is C=C(NOCc1ccccc1CC(=O)NC)c1cccc(C(F)(F)F)c1. The van der Waals surface area contributed by atoms with Crippen LogP contribution in [0.25, 0.3) is 5.70 Å². The summed E-state index contributed by atoms with van der Waals surface area (Å²) >= 11 is 0. The van der Waals surface area contributed by atoms with E-state index in [9.17, 15) is 18.0 Å². The molecular weight excluding hydrogens is 345 g/mol. The van der Waals surface area contributed by atoms with Crippen molar-refractivity contribution in [3.05, 3.63) is 77.4 Å². The number of carbonyl (C=O) groups is 1. The molecule has 0 aromatic heterocycles. The van der Waals surface area contributed by atoms with E-state index in [1.54, 1.807) is 7.05 Å². The van der Waals surface area contributed by atoms with Gasteiger partial charge in [0.2, 0.25) is 5.91 Å². The number of amides is 1. The van der Waals surface area contributed by atoms with E-state index in [4.69, 9.17) is 4.84 Å². The molecule has 2 aromatic carbocycles. The topological polar surface area (TPSA) is 50.4 Å². The first-order valence-electron chi connectivity index (χ1n) is 7.83. The molecule has 26 heavy (non-hydrogen) atoms. The van der Waals surface area contributed by atoms with Crippen molar-refractivity contribution in [2.24, 2.45) is 0 Å². The summed E-state index contributed by atoms with van der Waals surface area (Å²) in [7, 11) is 1.56. The van der Waals surface area contributed by atoms with Crippen molar-refractivity contribution in [1.29, 1.82) is 0 Å². The van der Waals surface area contributed by atoms with E-state index in [1.807, 2.05) is 24.3 Å². The van der Waals surface area contributed by atoms with Gasteiger partial charge in [-0.15, -0.1) is 0 Å². The smallest absolute Gasteiger partial charge is 0.359 e. The predicted octanol–water partition coefficient (Wildman–Crippen LogP) is 3.69. The highest BCUT2D eigenvalue weighted by Gasteiger charge is 2.30. The van der Waals surface area contributed by atoms with E-state index in [0.29, 0.717) is 0 Å². The molecule has 138 valence electrons. The molecule has 2 aromatic rings. The highest BCUT2D eigenvalue weighted by molar-refractivity contribution is 5.78. The van der Waals surface area contributed by atoms with E-state index >= 15 is 0 Å². The maximum Gasteiger partial charge on any atom is 0.416 e. The summed E-state index contributed by atoms with van der Waals surface area (Å²) in [5, 5.41) is 2.55. The standard InChI is InChI=1S/C19H19F3N2O2/c1-13(14-8-5-9-17(10-14)19(20,21)22)24-26-12-16-7-4-3-6-15(16)11-18(25)23-2/h3-10,24H,1,11-12H2,2H3,(H,23,25). The summed E-state index contributed by atoms with van der Waals surface area (Å²) in [5.74, 6) is -0.126. The molecule has 0 aliphatic heterocycles. The van der Waals surface area contributed by atoms with Gasteiger partial charge in [-0.3, -0.25) is 15.1 Å². The van der Waals surface area contributed by atoms with Gasteiger partial charge in [0.1, 0.15) is 0 Å². The van der Waals surface area contributed by atoms with E-state index in [0.717, 1.165) is 23.3 Å². The van der Waals surface area contributed by atoms with Gasteiger partial charge in [-0.25, -0.2) is 0 Å². The molecule has 0 aliphatic rings. The second kappa shape index (κ2) is 8.53. The fourth-order valence-corrected chi connectivity index (χ4v) is 2.28. The number of likely N-dealkylation sites (N-methyl/N-ethyl adjacent to an activating group) is 1. The number of halogens is 3. The molecule has 2 N–H and O–H groups in total. The van der Waals surface area contributed by atoms with Gasteiger partial charge in [-0.2, -0.15) is 13.2 Å². The Kier molecular flexibility index (Phi) is 6.41. The molecular formula is C19H19F3N2O2. The van der Waals surface area contributed by atoms with Crippen molar-refractivity contribution in [3.63, 3.8) is 0 Å². The zero-order valence-corrected chi connectivity index (χ0v) is 14.2. The molecule has 0 atom stereocenters. The van der Waals surface area contributed by atoms with Crippen molar-refractivity contribution in [3.8, 4) is 0 Å². The van der Waals surface area contributed by atoms with Crippen LogP contribution in [0, 0.1) is 0 Å². The molecule has 0 saturated carbocycles. The Morgan fingerprint density at radius 2 is 1.81 bits per heavy atom. The number of hydrogen-bond acceptors (Lipinski definition) is 3. The van der Waals surface area contributed by atoms with Gasteiger partial charge < -0.3 is 5.32 Å². The van der Waals surface area contributed by atoms with E-state index in [-0.39, 0.29) is 30.2 Å². The number of alkyl halides is 3. The van der Waals surface area contributed by atoms with Crippen LogP contribution in [0.3, 0.4) is 0 Å². The minimum atomic E-state index is -4.42. The molecule has 0 heterocycles. The summed E-state index contributed by atoms with van der Waals surface area (Å²) in [5.41, 5.74) is 3.88. The second-order valence-electron chi connectivity index (χ2n) is 5.57. The van der Waals surface area contributed by atoms with Crippen LogP contribution in [0.2, 0.25) is 0 Å². The van der Waals surface area contributed by atoms with Crippen LogP contribution in [0.1, 0.15) is 22.3 Å². The van der Waals surface area contributed by atoms with Gasteiger partial charge in [0.05, 0.1) is 24.3 Å². The van der Waals surface area contributed by atoms with Gasteiger partial charge in [-0.05, 0) is 28.8 Å². The lowest BCUT2D eigenvalue weighted by atomic mass is 10.1. The summed E-state index contributed by atoms with van der Waals surface area (Å²) in [6.45, 7) is 3.83. The van der Waals surface area contributed by atoms with Gasteiger partial charge in [0, 0.05) is 7.05 Å². The van der Waals surface area contributed by atoms with Crippen LogP contribution in [-0.4, -0.2) is 13.0 Å². The van der Waals surface area contributed by atoms with Crippen LogP contribution < -0.4 is 10.8 Å². The molecule has 0 radical (unpaired) electrons. The molecule has 0 unspecified atom stereocenters. The fraction of sp³-hybridized carbons (Fsp3) is 0.211. The first-order chi connectivity index (χ1) is 12.3. The molecule has 0 aliphatic carbocycles. The maximum atomic E-state index is 12.8. The Morgan fingerprint density at radius 3 is 2.46 bits per heavy atom. The molecule has 7 heteroatoms. The second-order valence-corrected chi connectivity index (χ2v) is 5.57. The lowest BCUT2D eigenvalue weighted by molar-refractivity contribution is -0.137. The Morgan fingerprint density at radius 1 is 1.12 bits per heavy atom. The predicted molar refractivity (Wildman–Crippen MR) is 92.6 cm³/mol. The number of hydrogen-bond donors (Lipinski definition) is 2. The van der Waals surface area contributed by atoms with Gasteiger partial charge in [-0.1, -0.05) is 43.0 Å². The summed E-state index contributed by atoms with van der Waals surface area (Å²) in [6, 6.07) is 12.1. The van der Waals surface area contributed by atoms with Gasteiger partial charge >= 0.3 is 6.18 Å². The minimum absolute atomic E-state index is 0.126. The third-order valence-electron chi connectivity index (χ3n) is 3.71. The largest absolute Gasteiger partial charge is 0.416 e. The minimum Gasteiger partial charge on any atom is -0.359 e. The van der Waals surface area contributed by atoms with Gasteiger partial charge in [0.15, 0.2) is 0 Å². The lowest BCUT2D eigenvalue weighted by Gasteiger charge is -2.14. The first-order valence-corrected chi connectivity index (χ1v) is 7.83. The highest BCUT2D eigenvalue weighted by Crippen LogP contribution is 2.30. The Bertz CT molecular complexity index is 788. The third kappa shape index (κ3) is 5.35. The van der Waals surface area contributed by atoms with Crippen molar-refractivity contribution in [2.45, 2.75) is 19.2 Å². The van der Waals surface area contributed by atoms with Crippen molar-refractivity contribution in [1.82, 2.24) is 10.8 Å². The zero-order chi connectivity index (χ0) is 19.2. The number of rotatable bonds is 7. The van der Waals surface area contributed by atoms with Gasteiger partial charge in [0.25, 0.3) is 0 Å². The normalized spacial score (nSPS) is 11.1. The Labute approximate surface area is 149 Å². The van der Waals surface area contributed by atoms with Crippen LogP contribution in [0.5, 0.6) is 0 Å². The summed E-state index contributed by atoms with van der Waals surface area (Å²) < 4.78 is 38.3. The third-order valence-corrected chi connectivity index (χ3v) is 3.71. The molecule has 0 spiro atoms. The highest BCUT2D eigenvalue weighted by atomic mass is 19.4. The molecule has 1 amide bonds. The van der Waals surface area contributed by atoms with Crippen LogP contribution in [-0.2, 0) is 28.8 Å². The number of nitrogens with one attached hydrogen (secondary N) is 2. The fourth-order valence-electron chi connectivity index (χ4n) is 2.28. The van der Waals surface area contributed by atoms with E-state index in [2.05, 4.69) is 17.4 Å². The Hall–Kier alpha value is -2.80. The molecule has 0 fully saturated rings. The van der Waals surface area contributed by atoms with Crippen molar-refractivity contribution < 1.29 is 22.8 Å². The average Bonchev–Trinajstić information content (AvgIpc) is 2.62. The number of carbonyl (C=O) groups excluding carboxylic acids is 1. The van der Waals surface area contributed by atoms with E-state index < -0.39 is 11.7 Å². The Balaban J connectivity index is 1.98. The van der Waals surface area contributed by atoms with Crippen molar-refractivity contribution in [2.75, 3.05) is 7.05 Å². The summed E-state index contributed by atoms with van der Waals surface area (Å²) in [4.78, 5) is 16.9. The molecule has 4 nitrogen and oxygen atoms in total. The van der Waals surface area contributed by atoms with Crippen molar-refractivity contribution >= 4 is 11.6 Å².